The molecule has 0 radical (unpaired) electrons. The molecule has 2 unspecified atom stereocenters. The van der Waals surface area contributed by atoms with Gasteiger partial charge in [0.05, 0.1) is 0 Å². The van der Waals surface area contributed by atoms with Gasteiger partial charge in [0.25, 0.3) is 0 Å². The summed E-state index contributed by atoms with van der Waals surface area (Å²) >= 11 is 0. The van der Waals surface area contributed by atoms with Crippen LogP contribution in [0.4, 0.5) is 0 Å². The minimum Gasteiger partial charge on any atom is -0.330 e. The Morgan fingerprint density at radius 1 is 1.19 bits per heavy atom. The van der Waals surface area contributed by atoms with Crippen molar-refractivity contribution in [1.29, 1.82) is 0 Å². The van der Waals surface area contributed by atoms with E-state index in [1.54, 1.807) is 11.1 Å². The highest BCUT2D eigenvalue weighted by Gasteiger charge is 2.27. The van der Waals surface area contributed by atoms with E-state index in [2.05, 4.69) is 20.8 Å². The minimum atomic E-state index is 0.598. The number of rotatable bonds is 4. The average Bonchev–Trinajstić information content (AvgIpc) is 2.26. The van der Waals surface area contributed by atoms with Gasteiger partial charge in [0.15, 0.2) is 0 Å². The van der Waals surface area contributed by atoms with Gasteiger partial charge in [-0.2, -0.15) is 0 Å². The lowest BCUT2D eigenvalue weighted by atomic mass is 9.73. The van der Waals surface area contributed by atoms with Crippen molar-refractivity contribution in [2.75, 3.05) is 13.1 Å². The number of hydrogen-bond acceptors (Lipinski definition) is 2. The molecular formula is C14H28N2. The largest absolute Gasteiger partial charge is 0.330 e. The van der Waals surface area contributed by atoms with Gasteiger partial charge in [-0.25, -0.2) is 0 Å². The molecule has 0 aromatic heterocycles. The van der Waals surface area contributed by atoms with Gasteiger partial charge in [0, 0.05) is 0 Å². The van der Waals surface area contributed by atoms with Crippen LogP contribution in [-0.4, -0.2) is 13.1 Å². The van der Waals surface area contributed by atoms with E-state index in [4.69, 9.17) is 11.5 Å². The summed E-state index contributed by atoms with van der Waals surface area (Å²) < 4.78 is 0. The van der Waals surface area contributed by atoms with E-state index in [1.165, 1.54) is 25.7 Å². The summed E-state index contributed by atoms with van der Waals surface area (Å²) in [7, 11) is 0. The summed E-state index contributed by atoms with van der Waals surface area (Å²) in [5.74, 6) is 1.92. The summed E-state index contributed by atoms with van der Waals surface area (Å²) in [6.45, 7) is 8.43. The SMILES string of the molecule is CC(CC(C)C)=C1C(CN)CCCC1CN. The second-order valence-electron chi connectivity index (χ2n) is 5.63. The van der Waals surface area contributed by atoms with Crippen molar-refractivity contribution in [3.05, 3.63) is 11.1 Å². The molecule has 2 nitrogen and oxygen atoms in total. The van der Waals surface area contributed by atoms with Gasteiger partial charge in [-0.05, 0) is 57.0 Å². The maximum absolute atomic E-state index is 5.90. The van der Waals surface area contributed by atoms with Gasteiger partial charge >= 0.3 is 0 Å². The van der Waals surface area contributed by atoms with Gasteiger partial charge in [0.2, 0.25) is 0 Å². The zero-order valence-corrected chi connectivity index (χ0v) is 11.1. The molecule has 0 amide bonds. The summed E-state index contributed by atoms with van der Waals surface area (Å²) in [5.41, 5.74) is 15.0. The Labute approximate surface area is 100 Å². The Kier molecular flexibility index (Phi) is 5.50. The molecule has 4 N–H and O–H groups in total. The summed E-state index contributed by atoms with van der Waals surface area (Å²) in [4.78, 5) is 0. The molecule has 0 aliphatic heterocycles. The lowest BCUT2D eigenvalue weighted by Gasteiger charge is -2.33. The Morgan fingerprint density at radius 2 is 1.69 bits per heavy atom. The fourth-order valence-corrected chi connectivity index (χ4v) is 3.17. The third kappa shape index (κ3) is 3.33. The molecule has 1 aliphatic rings. The van der Waals surface area contributed by atoms with Crippen LogP contribution in [0.3, 0.4) is 0 Å². The number of nitrogens with two attached hydrogens (primary N) is 2. The molecule has 0 bridgehead atoms. The van der Waals surface area contributed by atoms with Crippen molar-refractivity contribution in [3.63, 3.8) is 0 Å². The van der Waals surface area contributed by atoms with Gasteiger partial charge < -0.3 is 11.5 Å². The fraction of sp³-hybridized carbons (Fsp3) is 0.857. The van der Waals surface area contributed by atoms with Crippen LogP contribution in [0.15, 0.2) is 11.1 Å². The van der Waals surface area contributed by atoms with E-state index in [0.717, 1.165) is 19.0 Å². The van der Waals surface area contributed by atoms with Gasteiger partial charge in [-0.1, -0.05) is 31.4 Å². The van der Waals surface area contributed by atoms with Crippen LogP contribution in [0.25, 0.3) is 0 Å². The highest BCUT2D eigenvalue weighted by molar-refractivity contribution is 5.21. The second-order valence-corrected chi connectivity index (χ2v) is 5.63. The molecule has 94 valence electrons. The maximum Gasteiger partial charge on any atom is -0.00113 e. The van der Waals surface area contributed by atoms with Gasteiger partial charge in [0.1, 0.15) is 0 Å². The topological polar surface area (TPSA) is 52.0 Å². The predicted octanol–water partition coefficient (Wildman–Crippen LogP) is 2.68. The van der Waals surface area contributed by atoms with Crippen molar-refractivity contribution < 1.29 is 0 Å². The van der Waals surface area contributed by atoms with Gasteiger partial charge in [-0.15, -0.1) is 0 Å². The van der Waals surface area contributed by atoms with E-state index in [9.17, 15) is 0 Å². The summed E-state index contributed by atoms with van der Waals surface area (Å²) in [6.07, 6.45) is 5.01. The zero-order valence-electron chi connectivity index (χ0n) is 11.1. The molecule has 1 rings (SSSR count). The molecular weight excluding hydrogens is 196 g/mol. The first kappa shape index (κ1) is 13.7. The highest BCUT2D eigenvalue weighted by Crippen LogP contribution is 2.36. The zero-order chi connectivity index (χ0) is 12.1. The molecule has 1 saturated carbocycles. The van der Waals surface area contributed by atoms with Crippen molar-refractivity contribution >= 4 is 0 Å². The Hall–Kier alpha value is -0.340. The number of hydrogen-bond donors (Lipinski definition) is 2. The van der Waals surface area contributed by atoms with E-state index in [0.29, 0.717) is 11.8 Å². The van der Waals surface area contributed by atoms with Crippen LogP contribution >= 0.6 is 0 Å². The quantitative estimate of drug-likeness (QED) is 0.721. The van der Waals surface area contributed by atoms with Crippen molar-refractivity contribution in [2.45, 2.75) is 46.5 Å². The predicted molar refractivity (Wildman–Crippen MR) is 71.1 cm³/mol. The maximum atomic E-state index is 5.90. The molecule has 16 heavy (non-hydrogen) atoms. The second kappa shape index (κ2) is 6.41. The van der Waals surface area contributed by atoms with E-state index >= 15 is 0 Å². The highest BCUT2D eigenvalue weighted by atomic mass is 14.6. The first-order valence-electron chi connectivity index (χ1n) is 6.69. The Bertz CT molecular complexity index is 229. The monoisotopic (exact) mass is 224 g/mol. The Balaban J connectivity index is 2.89. The van der Waals surface area contributed by atoms with Crippen LogP contribution < -0.4 is 11.5 Å². The molecule has 2 atom stereocenters. The first-order chi connectivity index (χ1) is 7.60. The van der Waals surface area contributed by atoms with Crippen molar-refractivity contribution in [2.24, 2.45) is 29.2 Å². The summed E-state index contributed by atoms with van der Waals surface area (Å²) in [5, 5.41) is 0. The lowest BCUT2D eigenvalue weighted by Crippen LogP contribution is -2.31. The number of allylic oxidation sites excluding steroid dienone is 1. The van der Waals surface area contributed by atoms with E-state index < -0.39 is 0 Å². The Morgan fingerprint density at radius 3 is 2.06 bits per heavy atom. The summed E-state index contributed by atoms with van der Waals surface area (Å²) in [6, 6.07) is 0. The van der Waals surface area contributed by atoms with Gasteiger partial charge in [-0.3, -0.25) is 0 Å². The third-order valence-electron chi connectivity index (χ3n) is 3.76. The van der Waals surface area contributed by atoms with Crippen LogP contribution in [0.5, 0.6) is 0 Å². The smallest absolute Gasteiger partial charge is 0.00113 e. The first-order valence-corrected chi connectivity index (χ1v) is 6.69. The lowest BCUT2D eigenvalue weighted by molar-refractivity contribution is 0.368. The molecule has 2 heteroatoms. The average molecular weight is 224 g/mol. The normalized spacial score (nSPS) is 26.2. The van der Waals surface area contributed by atoms with Crippen LogP contribution in [0.2, 0.25) is 0 Å². The minimum absolute atomic E-state index is 0.598. The molecule has 0 spiro atoms. The molecule has 0 aromatic carbocycles. The van der Waals surface area contributed by atoms with E-state index in [1.807, 2.05) is 0 Å². The molecule has 1 aliphatic carbocycles. The van der Waals surface area contributed by atoms with Crippen LogP contribution in [0.1, 0.15) is 46.5 Å². The van der Waals surface area contributed by atoms with Crippen molar-refractivity contribution in [1.82, 2.24) is 0 Å². The van der Waals surface area contributed by atoms with Crippen LogP contribution in [0, 0.1) is 17.8 Å². The fourth-order valence-electron chi connectivity index (χ4n) is 3.17. The molecule has 0 aromatic rings. The van der Waals surface area contributed by atoms with E-state index in [-0.39, 0.29) is 0 Å². The van der Waals surface area contributed by atoms with Crippen molar-refractivity contribution in [3.8, 4) is 0 Å². The molecule has 0 saturated heterocycles. The van der Waals surface area contributed by atoms with Crippen LogP contribution in [-0.2, 0) is 0 Å². The third-order valence-corrected chi connectivity index (χ3v) is 3.76. The molecule has 0 heterocycles. The standard InChI is InChI=1S/C14H28N2/c1-10(2)7-11(3)14-12(8-15)5-4-6-13(14)9-16/h10,12-13H,4-9,15-16H2,1-3H3. The molecule has 1 fully saturated rings.